The number of aromatic nitrogens is 2. The van der Waals surface area contributed by atoms with Crippen molar-refractivity contribution in [2.24, 2.45) is 11.8 Å². The summed E-state index contributed by atoms with van der Waals surface area (Å²) >= 11 is 0. The summed E-state index contributed by atoms with van der Waals surface area (Å²) in [5, 5.41) is 0. The summed E-state index contributed by atoms with van der Waals surface area (Å²) in [4.78, 5) is 9.50. The highest BCUT2D eigenvalue weighted by molar-refractivity contribution is 5.37. The van der Waals surface area contributed by atoms with Crippen LogP contribution in [0.1, 0.15) is 69.8 Å². The van der Waals surface area contributed by atoms with Crippen LogP contribution in [0.25, 0.3) is 0 Å². The molecule has 3 rings (SSSR count). The van der Waals surface area contributed by atoms with E-state index in [1.165, 1.54) is 25.7 Å². The van der Waals surface area contributed by atoms with Gasteiger partial charge in [-0.3, -0.25) is 0 Å². The molecule has 0 radical (unpaired) electrons. The zero-order valence-corrected chi connectivity index (χ0v) is 13.1. The lowest BCUT2D eigenvalue weighted by molar-refractivity contribution is -0.0881. The third-order valence-electron chi connectivity index (χ3n) is 4.67. The van der Waals surface area contributed by atoms with Gasteiger partial charge < -0.3 is 10.2 Å². The van der Waals surface area contributed by atoms with Crippen LogP contribution < -0.4 is 11.3 Å². The first-order valence-corrected chi connectivity index (χ1v) is 8.17. The second-order valence-electron chi connectivity index (χ2n) is 6.55. The lowest BCUT2D eigenvalue weighted by Crippen LogP contribution is -2.37. The maximum atomic E-state index is 6.19. The molecule has 1 aromatic rings. The quantitative estimate of drug-likeness (QED) is 0.644. The van der Waals surface area contributed by atoms with Gasteiger partial charge in [0.1, 0.15) is 11.4 Å². The van der Waals surface area contributed by atoms with E-state index in [2.05, 4.69) is 17.3 Å². The average molecular weight is 290 g/mol. The molecule has 0 amide bonds. The molecule has 3 N–H and O–H groups in total. The second kappa shape index (κ2) is 5.89. The van der Waals surface area contributed by atoms with Crippen LogP contribution in [0.15, 0.2) is 6.07 Å². The molecule has 5 nitrogen and oxygen atoms in total. The zero-order chi connectivity index (χ0) is 14.9. The highest BCUT2D eigenvalue weighted by atomic mass is 16.5. The Balaban J connectivity index is 1.99. The van der Waals surface area contributed by atoms with E-state index >= 15 is 0 Å². The molecule has 0 aliphatic heterocycles. The number of nitrogen functional groups attached to an aromatic ring is 1. The molecule has 5 heteroatoms. The Morgan fingerprint density at radius 1 is 1.38 bits per heavy atom. The Morgan fingerprint density at radius 3 is 2.81 bits per heavy atom. The first kappa shape index (κ1) is 14.7. The molecule has 1 heterocycles. The van der Waals surface area contributed by atoms with Crippen LogP contribution in [0, 0.1) is 5.92 Å². The lowest BCUT2D eigenvalue weighted by atomic mass is 9.78. The van der Waals surface area contributed by atoms with Gasteiger partial charge in [-0.05, 0) is 44.9 Å². The van der Waals surface area contributed by atoms with Gasteiger partial charge in [-0.2, -0.15) is 0 Å². The molecule has 21 heavy (non-hydrogen) atoms. The van der Waals surface area contributed by atoms with E-state index in [4.69, 9.17) is 15.6 Å². The number of nitrogens with zero attached hydrogens (tertiary/aromatic N) is 2. The first-order chi connectivity index (χ1) is 10.2. The van der Waals surface area contributed by atoms with E-state index in [0.29, 0.717) is 24.3 Å². The van der Waals surface area contributed by atoms with Crippen LogP contribution in [0.5, 0.6) is 0 Å². The van der Waals surface area contributed by atoms with E-state index in [1.54, 1.807) is 0 Å². The minimum Gasteiger partial charge on any atom is -0.367 e. The van der Waals surface area contributed by atoms with Crippen LogP contribution in [0.2, 0.25) is 0 Å². The van der Waals surface area contributed by atoms with Crippen molar-refractivity contribution in [2.45, 2.75) is 63.9 Å². The monoisotopic (exact) mass is 290 g/mol. The second-order valence-corrected chi connectivity index (χ2v) is 6.55. The van der Waals surface area contributed by atoms with Gasteiger partial charge in [0, 0.05) is 24.3 Å². The minimum absolute atomic E-state index is 0.330. The number of nitrogens with one attached hydrogen (secondary N) is 1. The van der Waals surface area contributed by atoms with Crippen molar-refractivity contribution in [3.63, 3.8) is 0 Å². The molecule has 2 aliphatic carbocycles. The van der Waals surface area contributed by atoms with Gasteiger partial charge in [0.05, 0.1) is 0 Å². The fourth-order valence-electron chi connectivity index (χ4n) is 3.51. The summed E-state index contributed by atoms with van der Waals surface area (Å²) in [6.45, 7) is 5.03. The Kier molecular flexibility index (Phi) is 4.13. The third-order valence-corrected chi connectivity index (χ3v) is 4.67. The molecule has 0 bridgehead atoms. The fourth-order valence-corrected chi connectivity index (χ4v) is 3.51. The summed E-state index contributed by atoms with van der Waals surface area (Å²) in [5.41, 5.74) is 3.48. The van der Waals surface area contributed by atoms with Crippen molar-refractivity contribution < 1.29 is 4.74 Å². The van der Waals surface area contributed by atoms with E-state index in [9.17, 15) is 0 Å². The highest BCUT2D eigenvalue weighted by Gasteiger charge is 2.41. The van der Waals surface area contributed by atoms with Crippen LogP contribution in [0.4, 0.5) is 5.82 Å². The van der Waals surface area contributed by atoms with Gasteiger partial charge in [0.15, 0.2) is 5.82 Å². The number of nitrogens with two attached hydrogens (primary N) is 1. The number of hydrazine groups is 1. The fraction of sp³-hybridized carbons (Fsp3) is 0.750. The molecule has 2 saturated carbocycles. The normalized spacial score (nSPS) is 29.4. The Hall–Kier alpha value is -1.20. The summed E-state index contributed by atoms with van der Waals surface area (Å²) in [7, 11) is 0. The smallest absolute Gasteiger partial charge is 0.162 e. The highest BCUT2D eigenvalue weighted by Crippen LogP contribution is 2.44. The van der Waals surface area contributed by atoms with Crippen LogP contribution in [-0.2, 0) is 10.3 Å². The van der Waals surface area contributed by atoms with E-state index < -0.39 is 0 Å². The standard InChI is InChI=1S/C16H26N4O/c1-3-21-16(8-4-5-11(2)10-16)15-18-13(12-6-7-12)9-14(19-15)20-17/h9,11-12H,3-8,10,17H2,1-2H3,(H,18,19,20). The number of ether oxygens (including phenoxy) is 1. The third kappa shape index (κ3) is 3.04. The largest absolute Gasteiger partial charge is 0.367 e. The lowest BCUT2D eigenvalue weighted by Gasteiger charge is -2.38. The SMILES string of the molecule is CCOC1(c2nc(NN)cc(C3CC3)n2)CCCC(C)C1. The molecule has 0 spiro atoms. The van der Waals surface area contributed by atoms with E-state index in [1.807, 2.05) is 13.0 Å². The molecule has 0 saturated heterocycles. The maximum absolute atomic E-state index is 6.19. The van der Waals surface area contributed by atoms with Crippen LogP contribution >= 0.6 is 0 Å². The van der Waals surface area contributed by atoms with Gasteiger partial charge in [-0.1, -0.05) is 13.3 Å². The van der Waals surface area contributed by atoms with E-state index in [-0.39, 0.29) is 5.60 Å². The zero-order valence-electron chi connectivity index (χ0n) is 13.1. The minimum atomic E-state index is -0.330. The summed E-state index contributed by atoms with van der Waals surface area (Å²) in [6.07, 6.45) is 6.88. The molecule has 2 unspecified atom stereocenters. The molecular formula is C16H26N4O. The molecule has 2 atom stereocenters. The van der Waals surface area contributed by atoms with Gasteiger partial charge in [-0.15, -0.1) is 0 Å². The topological polar surface area (TPSA) is 73.1 Å². The summed E-state index contributed by atoms with van der Waals surface area (Å²) < 4.78 is 6.19. The Bertz CT molecular complexity index is 499. The Morgan fingerprint density at radius 2 is 2.19 bits per heavy atom. The number of hydrogen-bond donors (Lipinski definition) is 2. The van der Waals surface area contributed by atoms with Crippen molar-refractivity contribution in [3.05, 3.63) is 17.6 Å². The van der Waals surface area contributed by atoms with Gasteiger partial charge in [0.25, 0.3) is 0 Å². The number of anilines is 1. The van der Waals surface area contributed by atoms with Crippen molar-refractivity contribution >= 4 is 5.82 Å². The van der Waals surface area contributed by atoms with Crippen molar-refractivity contribution in [2.75, 3.05) is 12.0 Å². The molecule has 0 aromatic carbocycles. The first-order valence-electron chi connectivity index (χ1n) is 8.17. The van der Waals surface area contributed by atoms with Crippen molar-refractivity contribution in [3.8, 4) is 0 Å². The number of rotatable bonds is 5. The molecule has 116 valence electrons. The predicted molar refractivity (Wildman–Crippen MR) is 82.8 cm³/mol. The predicted octanol–water partition coefficient (Wildman–Crippen LogP) is 3.08. The van der Waals surface area contributed by atoms with E-state index in [0.717, 1.165) is 24.4 Å². The van der Waals surface area contributed by atoms with Crippen molar-refractivity contribution in [1.29, 1.82) is 0 Å². The summed E-state index contributed by atoms with van der Waals surface area (Å²) in [5.74, 6) is 8.36. The van der Waals surface area contributed by atoms with Gasteiger partial charge >= 0.3 is 0 Å². The van der Waals surface area contributed by atoms with Gasteiger partial charge in [-0.25, -0.2) is 15.8 Å². The van der Waals surface area contributed by atoms with Crippen LogP contribution in [0.3, 0.4) is 0 Å². The maximum Gasteiger partial charge on any atom is 0.162 e. The molecule has 2 fully saturated rings. The van der Waals surface area contributed by atoms with Crippen molar-refractivity contribution in [1.82, 2.24) is 9.97 Å². The Labute approximate surface area is 126 Å². The van der Waals surface area contributed by atoms with Gasteiger partial charge in [0.2, 0.25) is 0 Å². The number of hydrogen-bond acceptors (Lipinski definition) is 5. The molecular weight excluding hydrogens is 264 g/mol. The molecule has 2 aliphatic rings. The summed E-state index contributed by atoms with van der Waals surface area (Å²) in [6, 6.07) is 1.98. The molecule has 1 aromatic heterocycles. The average Bonchev–Trinajstić information content (AvgIpc) is 3.32. The van der Waals surface area contributed by atoms with Crippen LogP contribution in [-0.4, -0.2) is 16.6 Å².